The maximum atomic E-state index is 13.4. The van der Waals surface area contributed by atoms with Gasteiger partial charge in [0.15, 0.2) is 23.0 Å². The minimum atomic E-state index is -2.34. The van der Waals surface area contributed by atoms with Crippen LogP contribution in [-0.4, -0.2) is 67.3 Å². The third-order valence-corrected chi connectivity index (χ3v) is 6.31. The van der Waals surface area contributed by atoms with Crippen LogP contribution in [-0.2, 0) is 28.7 Å². The van der Waals surface area contributed by atoms with E-state index in [4.69, 9.17) is 28.4 Å². The molecule has 2 atom stereocenters. The van der Waals surface area contributed by atoms with Crippen molar-refractivity contribution in [1.29, 1.82) is 0 Å². The van der Waals surface area contributed by atoms with Crippen molar-refractivity contribution in [3.05, 3.63) is 75.4 Å². The number of anilines is 1. The summed E-state index contributed by atoms with van der Waals surface area (Å²) in [6, 6.07) is 13.5. The molecule has 0 aliphatic heterocycles. The highest BCUT2D eigenvalue weighted by Crippen LogP contribution is 2.30. The Balaban J connectivity index is 1.97. The summed E-state index contributed by atoms with van der Waals surface area (Å²) in [5, 5.41) is 12.5. The van der Waals surface area contributed by atoms with Gasteiger partial charge in [-0.1, -0.05) is 6.07 Å². The Kier molecular flexibility index (Phi) is 11.8. The fourth-order valence-electron chi connectivity index (χ4n) is 3.71. The number of halogens is 1. The number of carbonyl (C=O) groups is 6. The molecule has 2 N–H and O–H groups in total. The number of hydrogen-bond acceptors (Lipinski definition) is 12. The minimum Gasteiger partial charge on any atom is -0.493 e. The van der Waals surface area contributed by atoms with Gasteiger partial charge in [0.25, 0.3) is 5.91 Å². The van der Waals surface area contributed by atoms with Gasteiger partial charge in [-0.3, -0.25) is 14.4 Å². The Bertz CT molecular complexity index is 1640. The van der Waals surface area contributed by atoms with Crippen molar-refractivity contribution in [3.8, 4) is 23.0 Å². The predicted molar refractivity (Wildman–Crippen MR) is 162 cm³/mol. The second-order valence-electron chi connectivity index (χ2n) is 8.91. The van der Waals surface area contributed by atoms with Crippen LogP contribution in [0.25, 0.3) is 0 Å². The summed E-state index contributed by atoms with van der Waals surface area (Å²) in [6.45, 7) is 2.32. The average molecular weight is 735 g/mol. The number of amides is 1. The van der Waals surface area contributed by atoms with Gasteiger partial charge in [-0.15, -0.1) is 0 Å². The molecule has 0 heterocycles. The number of ether oxygens (including phenoxy) is 6. The van der Waals surface area contributed by atoms with Crippen LogP contribution < -0.4 is 24.3 Å². The molecule has 0 unspecified atom stereocenters. The molecule has 1 amide bonds. The summed E-state index contributed by atoms with van der Waals surface area (Å²) in [5.41, 5.74) is -0.208. The van der Waals surface area contributed by atoms with Crippen LogP contribution in [0.1, 0.15) is 34.6 Å². The molecule has 3 rings (SSSR count). The van der Waals surface area contributed by atoms with Gasteiger partial charge < -0.3 is 38.8 Å². The highest BCUT2D eigenvalue weighted by atomic mass is 127. The minimum absolute atomic E-state index is 0.0120. The van der Waals surface area contributed by atoms with E-state index in [2.05, 4.69) is 5.32 Å². The number of hydrogen-bond donors (Lipinski definition) is 2. The number of nitrogens with one attached hydrogen (secondary N) is 1. The normalized spacial score (nSPS) is 11.7. The summed E-state index contributed by atoms with van der Waals surface area (Å²) < 4.78 is 31.5. The number of benzene rings is 3. The molecule has 15 heteroatoms. The lowest BCUT2D eigenvalue weighted by molar-refractivity contribution is -0.157. The van der Waals surface area contributed by atoms with Gasteiger partial charge in [0.05, 0.1) is 25.3 Å². The number of aliphatic carboxylic acids is 1. The fourth-order valence-corrected chi connectivity index (χ4v) is 4.25. The summed E-state index contributed by atoms with van der Waals surface area (Å²) in [5.74, 6) is -6.79. The first kappa shape index (κ1) is 34.3. The van der Waals surface area contributed by atoms with Gasteiger partial charge in [-0.2, -0.15) is 0 Å². The topological polar surface area (TPSA) is 190 Å². The highest BCUT2D eigenvalue weighted by molar-refractivity contribution is 14.1. The van der Waals surface area contributed by atoms with E-state index >= 15 is 0 Å². The predicted octanol–water partition coefficient (Wildman–Crippen LogP) is 3.63. The monoisotopic (exact) mass is 735 g/mol. The number of methoxy groups -OCH3 is 2. The van der Waals surface area contributed by atoms with Crippen LogP contribution >= 0.6 is 22.6 Å². The Morgan fingerprint density at radius 3 is 1.60 bits per heavy atom. The van der Waals surface area contributed by atoms with Crippen molar-refractivity contribution in [1.82, 2.24) is 0 Å². The first-order valence-electron chi connectivity index (χ1n) is 12.8. The smallest absolute Gasteiger partial charge is 0.349 e. The van der Waals surface area contributed by atoms with Crippen molar-refractivity contribution >= 4 is 64.0 Å². The maximum Gasteiger partial charge on any atom is 0.349 e. The molecule has 3 aromatic carbocycles. The molecule has 0 aliphatic carbocycles. The van der Waals surface area contributed by atoms with E-state index < -0.39 is 48.0 Å². The van der Waals surface area contributed by atoms with Crippen molar-refractivity contribution in [2.75, 3.05) is 19.5 Å². The molecule has 0 saturated carbocycles. The number of carboxylic acid groups (broad SMARTS) is 1. The van der Waals surface area contributed by atoms with Crippen LogP contribution in [0.2, 0.25) is 0 Å². The fraction of sp³-hybridized carbons (Fsp3) is 0.200. The molecule has 0 spiro atoms. The van der Waals surface area contributed by atoms with Crippen molar-refractivity contribution in [2.24, 2.45) is 0 Å². The zero-order chi connectivity index (χ0) is 33.3. The molecule has 45 heavy (non-hydrogen) atoms. The molecule has 3 aromatic rings. The average Bonchev–Trinajstić information content (AvgIpc) is 2.98. The number of esters is 4. The first-order chi connectivity index (χ1) is 21.3. The lowest BCUT2D eigenvalue weighted by Crippen LogP contribution is -2.48. The van der Waals surface area contributed by atoms with Gasteiger partial charge in [-0.05, 0) is 77.2 Å². The first-order valence-corrected chi connectivity index (χ1v) is 13.8. The van der Waals surface area contributed by atoms with Crippen LogP contribution in [0.3, 0.4) is 0 Å². The lowest BCUT2D eigenvalue weighted by Gasteiger charge is -2.24. The molecule has 0 aliphatic rings. The van der Waals surface area contributed by atoms with E-state index in [9.17, 15) is 33.9 Å². The standard InChI is InChI=1S/C30H26INO13/c1-15(33)42-21-10-8-17(12-23(21)40-3)29(38)44-25(27(35)32-20-7-5-6-19(31)14-20)26(28(36)37)45-30(39)18-9-11-22(43-16(2)34)24(13-18)41-4/h5-14,25-26H,1-4H3,(H,32,35)(H,36,37)/t25-,26+/m0/s1. The molecular formula is C30H26INO13. The molecule has 0 bridgehead atoms. The Hall–Kier alpha value is -5.19. The number of carbonyl (C=O) groups excluding carboxylic acids is 5. The SMILES string of the molecule is COc1cc(C(=O)O[C@H](C(=O)Nc2cccc(I)c2)[C@@H](OC(=O)c2ccc(OC(C)=O)c(OC)c2)C(=O)O)ccc1OC(C)=O. The van der Waals surface area contributed by atoms with E-state index in [1.165, 1.54) is 44.6 Å². The molecular weight excluding hydrogens is 709 g/mol. The van der Waals surface area contributed by atoms with E-state index in [0.717, 1.165) is 29.6 Å². The van der Waals surface area contributed by atoms with Crippen LogP contribution in [0, 0.1) is 3.57 Å². The molecule has 0 saturated heterocycles. The lowest BCUT2D eigenvalue weighted by atomic mass is 10.1. The van der Waals surface area contributed by atoms with Crippen molar-refractivity contribution in [2.45, 2.75) is 26.1 Å². The number of rotatable bonds is 12. The van der Waals surface area contributed by atoms with Crippen molar-refractivity contribution < 1.29 is 62.3 Å². The summed E-state index contributed by atoms with van der Waals surface area (Å²) in [4.78, 5) is 74.8. The largest absolute Gasteiger partial charge is 0.493 e. The Labute approximate surface area is 269 Å². The molecule has 236 valence electrons. The quantitative estimate of drug-likeness (QED) is 0.156. The zero-order valence-electron chi connectivity index (χ0n) is 24.2. The summed E-state index contributed by atoms with van der Waals surface area (Å²) in [7, 11) is 2.50. The van der Waals surface area contributed by atoms with E-state index in [1.807, 2.05) is 22.6 Å². The van der Waals surface area contributed by atoms with E-state index in [1.54, 1.807) is 18.2 Å². The van der Waals surface area contributed by atoms with Gasteiger partial charge >= 0.3 is 29.8 Å². The Morgan fingerprint density at radius 1 is 0.689 bits per heavy atom. The maximum absolute atomic E-state index is 13.4. The summed E-state index contributed by atoms with van der Waals surface area (Å²) >= 11 is 1.99. The van der Waals surface area contributed by atoms with Crippen LogP contribution in [0.15, 0.2) is 60.7 Å². The third-order valence-electron chi connectivity index (χ3n) is 5.64. The molecule has 0 aromatic heterocycles. The second-order valence-corrected chi connectivity index (χ2v) is 10.2. The Morgan fingerprint density at radius 2 is 1.18 bits per heavy atom. The highest BCUT2D eigenvalue weighted by Gasteiger charge is 2.41. The van der Waals surface area contributed by atoms with E-state index in [0.29, 0.717) is 0 Å². The zero-order valence-corrected chi connectivity index (χ0v) is 26.3. The van der Waals surface area contributed by atoms with Gasteiger partial charge in [-0.25, -0.2) is 14.4 Å². The van der Waals surface area contributed by atoms with Crippen LogP contribution in [0.4, 0.5) is 5.69 Å². The summed E-state index contributed by atoms with van der Waals surface area (Å²) in [6.07, 6.45) is -4.55. The second kappa shape index (κ2) is 15.5. The van der Waals surface area contributed by atoms with Gasteiger partial charge in [0.1, 0.15) is 0 Å². The van der Waals surface area contributed by atoms with E-state index in [-0.39, 0.29) is 39.8 Å². The van der Waals surface area contributed by atoms with Gasteiger partial charge in [0.2, 0.25) is 12.2 Å². The van der Waals surface area contributed by atoms with Gasteiger partial charge in [0, 0.05) is 23.1 Å². The molecule has 14 nitrogen and oxygen atoms in total. The number of carboxylic acids is 1. The van der Waals surface area contributed by atoms with Crippen molar-refractivity contribution in [3.63, 3.8) is 0 Å². The third kappa shape index (κ3) is 9.40. The molecule has 0 radical (unpaired) electrons. The molecule has 0 fully saturated rings. The van der Waals surface area contributed by atoms with Crippen LogP contribution in [0.5, 0.6) is 23.0 Å².